The molecule has 1 aliphatic rings. The topological polar surface area (TPSA) is 73.7 Å². The summed E-state index contributed by atoms with van der Waals surface area (Å²) in [5.74, 6) is 0.322. The Morgan fingerprint density at radius 1 is 1.36 bits per heavy atom. The fourth-order valence-corrected chi connectivity index (χ4v) is 1.11. The molecule has 72 valence electrons. The number of rotatable bonds is 1. The second-order valence-corrected chi connectivity index (χ2v) is 2.82. The van der Waals surface area contributed by atoms with E-state index in [4.69, 9.17) is 10.5 Å². The number of benzene rings is 1. The molecule has 0 aromatic heterocycles. The van der Waals surface area contributed by atoms with Gasteiger partial charge in [0.2, 0.25) is 6.21 Å². The predicted molar refractivity (Wildman–Crippen MR) is 53.0 cm³/mol. The first-order valence-electron chi connectivity index (χ1n) is 4.13. The third-order valence-corrected chi connectivity index (χ3v) is 1.80. The Morgan fingerprint density at radius 2 is 2.07 bits per heavy atom. The molecular formula is C9H9N3O2. The van der Waals surface area contributed by atoms with E-state index in [1.165, 1.54) is 6.21 Å². The largest absolute Gasteiger partial charge is 0.595 e. The highest BCUT2D eigenvalue weighted by atomic mass is 16.5. The highest BCUT2D eigenvalue weighted by molar-refractivity contribution is 5.95. The first kappa shape index (κ1) is 8.55. The fourth-order valence-electron chi connectivity index (χ4n) is 1.11. The van der Waals surface area contributed by atoms with E-state index in [-0.39, 0.29) is 6.61 Å². The second kappa shape index (κ2) is 3.37. The molecule has 1 aromatic carbocycles. The van der Waals surface area contributed by atoms with Crippen molar-refractivity contribution in [2.45, 2.75) is 0 Å². The molecule has 2 N–H and O–H groups in total. The lowest BCUT2D eigenvalue weighted by molar-refractivity contribution is -0.463. The number of hydrazone groups is 1. The monoisotopic (exact) mass is 191 g/mol. The van der Waals surface area contributed by atoms with Crippen molar-refractivity contribution >= 4 is 17.8 Å². The highest BCUT2D eigenvalue weighted by Gasteiger charge is 2.12. The minimum atomic E-state index is 0.243. The molecule has 0 aliphatic carbocycles. The Morgan fingerprint density at radius 3 is 2.71 bits per heavy atom. The Hall–Kier alpha value is -2.04. The van der Waals surface area contributed by atoms with E-state index in [2.05, 4.69) is 5.10 Å². The molecule has 1 aliphatic heterocycles. The van der Waals surface area contributed by atoms with E-state index in [1.54, 1.807) is 24.3 Å². The van der Waals surface area contributed by atoms with Gasteiger partial charge in [0.1, 0.15) is 0 Å². The summed E-state index contributed by atoms with van der Waals surface area (Å²) in [5.41, 5.74) is 6.93. The van der Waals surface area contributed by atoms with Gasteiger partial charge < -0.3 is 15.7 Å². The molecule has 0 unspecified atom stereocenters. The number of nitrogen functional groups attached to an aromatic ring is 1. The molecule has 0 amide bonds. The van der Waals surface area contributed by atoms with Gasteiger partial charge in [0.25, 0.3) is 5.90 Å². The molecule has 0 spiro atoms. The molecular weight excluding hydrogens is 182 g/mol. The zero-order chi connectivity index (χ0) is 9.97. The van der Waals surface area contributed by atoms with Crippen LogP contribution in [0.1, 0.15) is 5.56 Å². The van der Waals surface area contributed by atoms with Gasteiger partial charge >= 0.3 is 0 Å². The molecule has 0 radical (unpaired) electrons. The van der Waals surface area contributed by atoms with Gasteiger partial charge in [0.15, 0.2) is 6.61 Å². The second-order valence-electron chi connectivity index (χ2n) is 2.82. The van der Waals surface area contributed by atoms with Gasteiger partial charge in [-0.3, -0.25) is 0 Å². The maximum absolute atomic E-state index is 10.9. The smallest absolute Gasteiger partial charge is 0.288 e. The van der Waals surface area contributed by atoms with Crippen LogP contribution >= 0.6 is 0 Å². The lowest BCUT2D eigenvalue weighted by Crippen LogP contribution is -2.19. The number of nitrogens with zero attached hydrogens (tertiary/aromatic N) is 2. The van der Waals surface area contributed by atoms with Crippen molar-refractivity contribution < 1.29 is 9.58 Å². The van der Waals surface area contributed by atoms with E-state index in [0.29, 0.717) is 16.4 Å². The lowest BCUT2D eigenvalue weighted by Gasteiger charge is -2.09. The van der Waals surface area contributed by atoms with Crippen molar-refractivity contribution in [2.75, 3.05) is 12.3 Å². The van der Waals surface area contributed by atoms with E-state index >= 15 is 0 Å². The Balaban J connectivity index is 2.31. The molecule has 1 heterocycles. The van der Waals surface area contributed by atoms with Crippen LogP contribution in [0.25, 0.3) is 0 Å². The Bertz CT molecular complexity index is 395. The number of hydrogen-bond acceptors (Lipinski definition) is 4. The van der Waals surface area contributed by atoms with Crippen LogP contribution in [0.3, 0.4) is 0 Å². The van der Waals surface area contributed by atoms with Gasteiger partial charge in [-0.15, -0.1) is 0 Å². The summed E-state index contributed by atoms with van der Waals surface area (Å²) >= 11 is 0. The number of nitrogens with two attached hydrogens (primary N) is 1. The van der Waals surface area contributed by atoms with E-state index < -0.39 is 0 Å². The lowest BCUT2D eigenvalue weighted by atomic mass is 10.2. The maximum Gasteiger partial charge on any atom is 0.288 e. The van der Waals surface area contributed by atoms with Crippen LogP contribution in [-0.4, -0.2) is 23.6 Å². The van der Waals surface area contributed by atoms with Crippen LogP contribution in [-0.2, 0) is 4.74 Å². The molecule has 0 saturated carbocycles. The third-order valence-electron chi connectivity index (χ3n) is 1.80. The van der Waals surface area contributed by atoms with Gasteiger partial charge in [0.05, 0.1) is 5.10 Å². The molecule has 0 atom stereocenters. The summed E-state index contributed by atoms with van der Waals surface area (Å²) in [5, 5.41) is 14.5. The quantitative estimate of drug-likeness (QED) is 0.400. The van der Waals surface area contributed by atoms with Crippen molar-refractivity contribution in [3.05, 3.63) is 35.0 Å². The summed E-state index contributed by atoms with van der Waals surface area (Å²) in [7, 11) is 0. The van der Waals surface area contributed by atoms with Crippen molar-refractivity contribution in [1.29, 1.82) is 0 Å². The maximum atomic E-state index is 10.9. The summed E-state index contributed by atoms with van der Waals surface area (Å²) in [6.07, 6.45) is 1.31. The normalized spacial score (nSPS) is 15.4. The van der Waals surface area contributed by atoms with Gasteiger partial charge in [-0.2, -0.15) is 0 Å². The molecule has 0 fully saturated rings. The van der Waals surface area contributed by atoms with Crippen LogP contribution < -0.4 is 5.73 Å². The predicted octanol–water partition coefficient (Wildman–Crippen LogP) is 0.542. The van der Waals surface area contributed by atoms with E-state index in [9.17, 15) is 5.21 Å². The summed E-state index contributed by atoms with van der Waals surface area (Å²) in [6, 6.07) is 6.98. The highest BCUT2D eigenvalue weighted by Crippen LogP contribution is 2.08. The summed E-state index contributed by atoms with van der Waals surface area (Å²) in [4.78, 5) is 0.495. The van der Waals surface area contributed by atoms with Crippen molar-refractivity contribution in [1.82, 2.24) is 0 Å². The fraction of sp³-hybridized carbons (Fsp3) is 0.111. The van der Waals surface area contributed by atoms with Gasteiger partial charge in [-0.05, 0) is 24.3 Å². The molecule has 14 heavy (non-hydrogen) atoms. The zero-order valence-corrected chi connectivity index (χ0v) is 7.38. The van der Waals surface area contributed by atoms with Crippen LogP contribution in [0.15, 0.2) is 29.4 Å². The Kier molecular flexibility index (Phi) is 2.06. The minimum Gasteiger partial charge on any atom is -0.595 e. The summed E-state index contributed by atoms with van der Waals surface area (Å²) < 4.78 is 5.19. The van der Waals surface area contributed by atoms with E-state index in [1.807, 2.05) is 0 Å². The number of anilines is 1. The molecule has 5 nitrogen and oxygen atoms in total. The first-order valence-corrected chi connectivity index (χ1v) is 4.13. The van der Waals surface area contributed by atoms with Crippen molar-refractivity contribution in [3.63, 3.8) is 0 Å². The van der Waals surface area contributed by atoms with Crippen molar-refractivity contribution in [2.24, 2.45) is 5.10 Å². The summed E-state index contributed by atoms with van der Waals surface area (Å²) in [6.45, 7) is 0.243. The van der Waals surface area contributed by atoms with Gasteiger partial charge in [-0.25, -0.2) is 0 Å². The molecule has 5 heteroatoms. The first-order chi connectivity index (χ1) is 6.75. The number of hydrogen-bond donors (Lipinski definition) is 1. The number of ether oxygens (including phenoxy) is 1. The average molecular weight is 191 g/mol. The van der Waals surface area contributed by atoms with Crippen LogP contribution in [0, 0.1) is 5.21 Å². The zero-order valence-electron chi connectivity index (χ0n) is 7.38. The van der Waals surface area contributed by atoms with Gasteiger partial charge in [-0.1, -0.05) is 4.85 Å². The van der Waals surface area contributed by atoms with Crippen LogP contribution in [0.5, 0.6) is 0 Å². The van der Waals surface area contributed by atoms with Gasteiger partial charge in [0, 0.05) is 11.3 Å². The SMILES string of the molecule is Nc1ccc(C2=N[N+]([O-])=CCO2)cc1. The Labute approximate surface area is 80.7 Å². The standard InChI is InChI=1S/C9H9N3O2/c10-8-3-1-7(2-4-8)9-11-12(13)5-6-14-9/h1-5H,6,10H2. The van der Waals surface area contributed by atoms with Crippen LogP contribution in [0.2, 0.25) is 0 Å². The van der Waals surface area contributed by atoms with Crippen molar-refractivity contribution in [3.8, 4) is 0 Å². The van der Waals surface area contributed by atoms with E-state index in [0.717, 1.165) is 5.56 Å². The average Bonchev–Trinajstić information content (AvgIpc) is 2.19. The molecule has 2 rings (SSSR count). The molecule has 0 saturated heterocycles. The molecule has 0 bridgehead atoms. The third kappa shape index (κ3) is 1.66. The minimum absolute atomic E-state index is 0.243. The molecule has 1 aromatic rings. The van der Waals surface area contributed by atoms with Crippen LogP contribution in [0.4, 0.5) is 5.69 Å².